The average Bonchev–Trinajstić information content (AvgIpc) is 2.34. The van der Waals surface area contributed by atoms with Gasteiger partial charge in [0.15, 0.2) is 5.75 Å². The van der Waals surface area contributed by atoms with Gasteiger partial charge in [-0.05, 0) is 37.8 Å². The highest BCUT2D eigenvalue weighted by Gasteiger charge is 2.29. The third-order valence-corrected chi connectivity index (χ3v) is 3.35. The summed E-state index contributed by atoms with van der Waals surface area (Å²) in [6, 6.07) is 5.63. The molecule has 21 heavy (non-hydrogen) atoms. The van der Waals surface area contributed by atoms with Crippen LogP contribution in [0.15, 0.2) is 18.2 Å². The zero-order chi connectivity index (χ0) is 15.7. The highest BCUT2D eigenvalue weighted by molar-refractivity contribution is 5.99. The Morgan fingerprint density at radius 2 is 2.00 bits per heavy atom. The van der Waals surface area contributed by atoms with Crippen molar-refractivity contribution in [1.82, 2.24) is 5.32 Å². The molecule has 4 nitrogen and oxygen atoms in total. The van der Waals surface area contributed by atoms with Gasteiger partial charge in [-0.25, -0.2) is 0 Å². The van der Waals surface area contributed by atoms with Crippen LogP contribution in [-0.4, -0.2) is 24.6 Å². The number of benzene rings is 1. The molecule has 0 saturated carbocycles. The number of anilines is 1. The van der Waals surface area contributed by atoms with E-state index in [-0.39, 0.29) is 16.9 Å². The van der Waals surface area contributed by atoms with Gasteiger partial charge in [0.2, 0.25) is 0 Å². The van der Waals surface area contributed by atoms with Crippen LogP contribution >= 0.6 is 0 Å². The number of rotatable bonds is 3. The molecule has 0 fully saturated rings. The van der Waals surface area contributed by atoms with Crippen molar-refractivity contribution in [1.29, 1.82) is 0 Å². The van der Waals surface area contributed by atoms with Crippen molar-refractivity contribution in [3.63, 3.8) is 0 Å². The van der Waals surface area contributed by atoms with Crippen molar-refractivity contribution in [2.24, 2.45) is 5.41 Å². The van der Waals surface area contributed by atoms with Crippen LogP contribution in [-0.2, 0) is 0 Å². The van der Waals surface area contributed by atoms with Gasteiger partial charge in [-0.3, -0.25) is 4.79 Å². The number of para-hydroxylation sites is 1. The summed E-state index contributed by atoms with van der Waals surface area (Å²) in [5.41, 5.74) is 1.38. The Morgan fingerprint density at radius 3 is 2.67 bits per heavy atom. The van der Waals surface area contributed by atoms with Crippen molar-refractivity contribution >= 4 is 11.6 Å². The van der Waals surface area contributed by atoms with E-state index in [0.717, 1.165) is 18.7 Å². The molecule has 0 unspecified atom stereocenters. The molecule has 2 rings (SSSR count). The number of carbonyl (C=O) groups excluding carboxylic acids is 1. The second kappa shape index (κ2) is 5.58. The lowest BCUT2D eigenvalue weighted by atomic mass is 9.81. The van der Waals surface area contributed by atoms with Gasteiger partial charge in [-0.2, -0.15) is 0 Å². The minimum Gasteiger partial charge on any atom is -0.489 e. The Morgan fingerprint density at radius 1 is 1.29 bits per heavy atom. The number of fused-ring (bicyclic) bond motifs is 1. The molecule has 1 heterocycles. The van der Waals surface area contributed by atoms with Gasteiger partial charge < -0.3 is 15.4 Å². The fourth-order valence-corrected chi connectivity index (χ4v) is 3.09. The lowest BCUT2D eigenvalue weighted by Crippen LogP contribution is -2.46. The molecule has 0 aliphatic carbocycles. The maximum absolute atomic E-state index is 12.6. The molecule has 1 aromatic rings. The molecule has 116 valence electrons. The first-order chi connectivity index (χ1) is 9.68. The molecule has 0 saturated heterocycles. The second-order valence-corrected chi connectivity index (χ2v) is 7.53. The fourth-order valence-electron chi connectivity index (χ4n) is 3.09. The summed E-state index contributed by atoms with van der Waals surface area (Å²) in [5, 5.41) is 6.39. The molecule has 0 atom stereocenters. The predicted molar refractivity (Wildman–Crippen MR) is 86.0 cm³/mol. The molecule has 1 amide bonds. The third kappa shape index (κ3) is 4.13. The van der Waals surface area contributed by atoms with E-state index < -0.39 is 0 Å². The molecular formula is C17H26N2O2. The molecule has 0 spiro atoms. The Balaban J connectivity index is 2.18. The first kappa shape index (κ1) is 15.7. The van der Waals surface area contributed by atoms with E-state index >= 15 is 0 Å². The van der Waals surface area contributed by atoms with E-state index in [9.17, 15) is 4.79 Å². The van der Waals surface area contributed by atoms with E-state index in [4.69, 9.17) is 4.74 Å². The fraction of sp³-hybridized carbons (Fsp3) is 0.588. The minimum absolute atomic E-state index is 0.0789. The SMILES string of the molecule is CC(C)(C)CC(C)(C)NC(=O)c1cccc2c1OCCN2. The number of hydrogen-bond acceptors (Lipinski definition) is 3. The second-order valence-electron chi connectivity index (χ2n) is 7.53. The molecular weight excluding hydrogens is 264 g/mol. The van der Waals surface area contributed by atoms with Crippen molar-refractivity contribution in [3.05, 3.63) is 23.8 Å². The standard InChI is InChI=1S/C17H26N2O2/c1-16(2,3)11-17(4,5)19-15(20)12-7-6-8-13-14(12)21-10-9-18-13/h6-8,18H,9-11H2,1-5H3,(H,19,20). The van der Waals surface area contributed by atoms with Crippen LogP contribution in [0.5, 0.6) is 5.75 Å². The summed E-state index contributed by atoms with van der Waals surface area (Å²) in [5.74, 6) is 0.581. The zero-order valence-corrected chi connectivity index (χ0v) is 13.7. The number of ether oxygens (including phenoxy) is 1. The Labute approximate surface area is 127 Å². The summed E-state index contributed by atoms with van der Waals surface area (Å²) >= 11 is 0. The molecule has 1 aliphatic rings. The van der Waals surface area contributed by atoms with Crippen molar-refractivity contribution in [2.45, 2.75) is 46.6 Å². The normalized spacial score (nSPS) is 14.7. The Kier molecular flexibility index (Phi) is 4.17. The quantitative estimate of drug-likeness (QED) is 0.896. The average molecular weight is 290 g/mol. The number of carbonyl (C=O) groups is 1. The van der Waals surface area contributed by atoms with Gasteiger partial charge in [-0.15, -0.1) is 0 Å². The summed E-state index contributed by atoms with van der Waals surface area (Å²) in [6.45, 7) is 12.0. The monoisotopic (exact) mass is 290 g/mol. The van der Waals surface area contributed by atoms with Crippen molar-refractivity contribution < 1.29 is 9.53 Å². The van der Waals surface area contributed by atoms with Crippen LogP contribution in [0.25, 0.3) is 0 Å². The van der Waals surface area contributed by atoms with Crippen LogP contribution in [0.4, 0.5) is 5.69 Å². The zero-order valence-electron chi connectivity index (χ0n) is 13.7. The van der Waals surface area contributed by atoms with Crippen LogP contribution in [0, 0.1) is 5.41 Å². The van der Waals surface area contributed by atoms with Crippen LogP contribution < -0.4 is 15.4 Å². The number of hydrogen-bond donors (Lipinski definition) is 2. The van der Waals surface area contributed by atoms with E-state index in [2.05, 4.69) is 45.3 Å². The van der Waals surface area contributed by atoms with Crippen molar-refractivity contribution in [3.8, 4) is 5.75 Å². The van der Waals surface area contributed by atoms with Gasteiger partial charge in [0.1, 0.15) is 6.61 Å². The molecule has 2 N–H and O–H groups in total. The van der Waals surface area contributed by atoms with Gasteiger partial charge in [0, 0.05) is 12.1 Å². The Bertz CT molecular complexity index is 530. The summed E-state index contributed by atoms with van der Waals surface area (Å²) in [7, 11) is 0. The number of nitrogens with one attached hydrogen (secondary N) is 2. The van der Waals surface area contributed by atoms with Gasteiger partial charge in [-0.1, -0.05) is 26.8 Å². The smallest absolute Gasteiger partial charge is 0.255 e. The third-order valence-electron chi connectivity index (χ3n) is 3.35. The first-order valence-electron chi connectivity index (χ1n) is 7.50. The summed E-state index contributed by atoms with van der Waals surface area (Å²) in [4.78, 5) is 12.6. The highest BCUT2D eigenvalue weighted by atomic mass is 16.5. The highest BCUT2D eigenvalue weighted by Crippen LogP contribution is 2.32. The predicted octanol–water partition coefficient (Wildman–Crippen LogP) is 3.44. The first-order valence-corrected chi connectivity index (χ1v) is 7.50. The van der Waals surface area contributed by atoms with Gasteiger partial charge in [0.05, 0.1) is 11.3 Å². The molecule has 4 heteroatoms. The van der Waals surface area contributed by atoms with Gasteiger partial charge >= 0.3 is 0 Å². The molecule has 0 radical (unpaired) electrons. The van der Waals surface area contributed by atoms with Crippen LogP contribution in [0.1, 0.15) is 51.4 Å². The lowest BCUT2D eigenvalue weighted by molar-refractivity contribution is 0.0887. The molecule has 0 aromatic heterocycles. The topological polar surface area (TPSA) is 50.4 Å². The number of amides is 1. The van der Waals surface area contributed by atoms with E-state index in [0.29, 0.717) is 17.9 Å². The van der Waals surface area contributed by atoms with Crippen LogP contribution in [0.3, 0.4) is 0 Å². The van der Waals surface area contributed by atoms with E-state index in [1.165, 1.54) is 0 Å². The molecule has 1 aliphatic heterocycles. The minimum atomic E-state index is -0.264. The largest absolute Gasteiger partial charge is 0.489 e. The summed E-state index contributed by atoms with van der Waals surface area (Å²) < 4.78 is 5.67. The van der Waals surface area contributed by atoms with Gasteiger partial charge in [0.25, 0.3) is 5.91 Å². The lowest BCUT2D eigenvalue weighted by Gasteiger charge is -2.33. The van der Waals surface area contributed by atoms with Crippen LogP contribution in [0.2, 0.25) is 0 Å². The van der Waals surface area contributed by atoms with E-state index in [1.54, 1.807) is 0 Å². The Hall–Kier alpha value is -1.71. The maximum Gasteiger partial charge on any atom is 0.255 e. The summed E-state index contributed by atoms with van der Waals surface area (Å²) in [6.07, 6.45) is 0.903. The van der Waals surface area contributed by atoms with E-state index in [1.807, 2.05) is 18.2 Å². The maximum atomic E-state index is 12.6. The molecule has 1 aromatic carbocycles. The van der Waals surface area contributed by atoms with Crippen molar-refractivity contribution in [2.75, 3.05) is 18.5 Å². The molecule has 0 bridgehead atoms.